The fraction of sp³-hybridized carbons (Fsp3) is 0.720. The first-order valence-corrected chi connectivity index (χ1v) is 14.2. The molecule has 0 spiro atoms. The van der Waals surface area contributed by atoms with Gasteiger partial charge in [-0.2, -0.15) is 0 Å². The molecule has 0 heterocycles. The molecule has 0 radical (unpaired) electrons. The summed E-state index contributed by atoms with van der Waals surface area (Å²) >= 11 is 0. The molecule has 1 aromatic carbocycles. The molecule has 1 aromatic rings. The van der Waals surface area contributed by atoms with E-state index in [2.05, 4.69) is 19.2 Å². The van der Waals surface area contributed by atoms with Gasteiger partial charge in [0.05, 0.1) is 11.0 Å². The number of carbonyl (C=O) groups excluding carboxylic acids is 1. The second-order valence-electron chi connectivity index (χ2n) is 9.64. The number of sulfone groups is 1. The Morgan fingerprint density at radius 2 is 1.60 bits per heavy atom. The summed E-state index contributed by atoms with van der Waals surface area (Å²) < 4.78 is 58.4. The SMILES string of the molecule is CCCC(CCC)S(=O)(=O)C[C@@H](N)C(=O)O[C@H](CNCCC(C)C)[C@@H](N)Cc1cc(F)cc(F)c1. The van der Waals surface area contributed by atoms with Crippen molar-refractivity contribution in [3.8, 4) is 0 Å². The number of benzene rings is 1. The number of nitrogens with one attached hydrogen (secondary N) is 1. The lowest BCUT2D eigenvalue weighted by Crippen LogP contribution is -2.50. The third-order valence-corrected chi connectivity index (χ3v) is 8.14. The van der Waals surface area contributed by atoms with Gasteiger partial charge in [-0.05, 0) is 55.8 Å². The van der Waals surface area contributed by atoms with Crippen LogP contribution in [-0.4, -0.2) is 56.7 Å². The summed E-state index contributed by atoms with van der Waals surface area (Å²) in [5.74, 6) is -2.36. The lowest BCUT2D eigenvalue weighted by Gasteiger charge is -2.26. The Labute approximate surface area is 209 Å². The van der Waals surface area contributed by atoms with Crippen molar-refractivity contribution < 1.29 is 26.7 Å². The summed E-state index contributed by atoms with van der Waals surface area (Å²) in [7, 11) is -3.59. The number of rotatable bonds is 17. The van der Waals surface area contributed by atoms with Crippen molar-refractivity contribution in [2.45, 2.75) is 89.7 Å². The molecule has 10 heteroatoms. The number of nitrogens with two attached hydrogens (primary N) is 2. The molecule has 1 rings (SSSR count). The number of esters is 1. The summed E-state index contributed by atoms with van der Waals surface area (Å²) in [4.78, 5) is 12.8. The van der Waals surface area contributed by atoms with Crippen LogP contribution in [0.4, 0.5) is 8.78 Å². The van der Waals surface area contributed by atoms with Gasteiger partial charge in [0, 0.05) is 18.7 Å². The molecule has 3 atom stereocenters. The number of ether oxygens (including phenoxy) is 1. The molecule has 35 heavy (non-hydrogen) atoms. The van der Waals surface area contributed by atoms with Crippen LogP contribution in [0.3, 0.4) is 0 Å². The molecule has 0 fully saturated rings. The first-order valence-electron chi connectivity index (χ1n) is 12.5. The molecule has 0 aliphatic heterocycles. The van der Waals surface area contributed by atoms with Crippen LogP contribution in [0.5, 0.6) is 0 Å². The summed E-state index contributed by atoms with van der Waals surface area (Å²) in [6.07, 6.45) is 2.52. The highest BCUT2D eigenvalue weighted by Crippen LogP contribution is 2.17. The van der Waals surface area contributed by atoms with E-state index in [-0.39, 0.29) is 13.0 Å². The Morgan fingerprint density at radius 1 is 1.03 bits per heavy atom. The first kappa shape index (κ1) is 31.4. The predicted octanol–water partition coefficient (Wildman–Crippen LogP) is 3.09. The van der Waals surface area contributed by atoms with Gasteiger partial charge < -0.3 is 21.5 Å². The molecule has 202 valence electrons. The highest BCUT2D eigenvalue weighted by Gasteiger charge is 2.32. The highest BCUT2D eigenvalue weighted by atomic mass is 32.2. The van der Waals surface area contributed by atoms with E-state index in [9.17, 15) is 22.0 Å². The van der Waals surface area contributed by atoms with Gasteiger partial charge >= 0.3 is 5.97 Å². The fourth-order valence-electron chi connectivity index (χ4n) is 3.89. The van der Waals surface area contributed by atoms with E-state index in [4.69, 9.17) is 16.2 Å². The number of carbonyl (C=O) groups is 1. The minimum atomic E-state index is -3.59. The van der Waals surface area contributed by atoms with E-state index in [1.165, 1.54) is 12.1 Å². The normalized spacial score (nSPS) is 14.8. The maximum atomic E-state index is 13.6. The Kier molecular flexibility index (Phi) is 13.9. The van der Waals surface area contributed by atoms with Crippen molar-refractivity contribution in [3.05, 3.63) is 35.4 Å². The second-order valence-corrected chi connectivity index (χ2v) is 12.0. The van der Waals surface area contributed by atoms with Crippen molar-refractivity contribution in [1.82, 2.24) is 5.32 Å². The smallest absolute Gasteiger partial charge is 0.324 e. The van der Waals surface area contributed by atoms with Crippen LogP contribution in [0.15, 0.2) is 18.2 Å². The maximum absolute atomic E-state index is 13.6. The van der Waals surface area contributed by atoms with Crippen LogP contribution in [0, 0.1) is 17.6 Å². The third-order valence-electron chi connectivity index (χ3n) is 5.83. The van der Waals surface area contributed by atoms with Gasteiger partial charge in [0.25, 0.3) is 0 Å². The molecule has 5 N–H and O–H groups in total. The predicted molar refractivity (Wildman–Crippen MR) is 136 cm³/mol. The monoisotopic (exact) mass is 519 g/mol. The minimum absolute atomic E-state index is 0.0566. The molecule has 0 amide bonds. The summed E-state index contributed by atoms with van der Waals surface area (Å²) in [5.41, 5.74) is 12.6. The molecule has 7 nitrogen and oxygen atoms in total. The van der Waals surface area contributed by atoms with E-state index < -0.39 is 56.6 Å². The second kappa shape index (κ2) is 15.5. The van der Waals surface area contributed by atoms with Gasteiger partial charge in [0.15, 0.2) is 9.84 Å². The average Bonchev–Trinajstić information content (AvgIpc) is 2.74. The number of halogens is 2. The van der Waals surface area contributed by atoms with Crippen LogP contribution >= 0.6 is 0 Å². The van der Waals surface area contributed by atoms with Crippen molar-refractivity contribution in [1.29, 1.82) is 0 Å². The Morgan fingerprint density at radius 3 is 2.11 bits per heavy atom. The van der Waals surface area contributed by atoms with E-state index in [1.807, 2.05) is 13.8 Å². The standard InChI is InChI=1S/C25H43F2N3O4S/c1-5-7-21(8-6-2)35(32,33)16-23(29)25(31)34-24(15-30-10-9-17(3)4)22(28)13-18-11-19(26)14-20(27)12-18/h11-12,14,17,21-24,30H,5-10,13,15-16,28-29H2,1-4H3/t22-,23+,24+/m0/s1. The molecule has 0 aromatic heterocycles. The van der Waals surface area contributed by atoms with Crippen LogP contribution < -0.4 is 16.8 Å². The molecule has 0 aliphatic carbocycles. The van der Waals surface area contributed by atoms with Gasteiger partial charge in [-0.25, -0.2) is 17.2 Å². The summed E-state index contributed by atoms with van der Waals surface area (Å²) in [6, 6.07) is 0.975. The van der Waals surface area contributed by atoms with Gasteiger partial charge in [-0.15, -0.1) is 0 Å². The molecule has 0 aliphatic rings. The van der Waals surface area contributed by atoms with Crippen molar-refractivity contribution >= 4 is 15.8 Å². The Hall–Kier alpha value is -1.62. The van der Waals surface area contributed by atoms with E-state index in [1.54, 1.807) is 0 Å². The van der Waals surface area contributed by atoms with Gasteiger partial charge in [0.2, 0.25) is 0 Å². The maximum Gasteiger partial charge on any atom is 0.324 e. The summed E-state index contributed by atoms with van der Waals surface area (Å²) in [5, 5.41) is 2.64. The molecule has 0 saturated carbocycles. The van der Waals surface area contributed by atoms with Crippen LogP contribution in [0.25, 0.3) is 0 Å². The van der Waals surface area contributed by atoms with Gasteiger partial charge in [-0.1, -0.05) is 40.5 Å². The Balaban J connectivity index is 2.92. The molecular formula is C25H43F2N3O4S. The largest absolute Gasteiger partial charge is 0.458 e. The highest BCUT2D eigenvalue weighted by molar-refractivity contribution is 7.92. The van der Waals surface area contributed by atoms with Gasteiger partial charge in [0.1, 0.15) is 23.8 Å². The summed E-state index contributed by atoms with van der Waals surface area (Å²) in [6.45, 7) is 8.83. The van der Waals surface area contributed by atoms with Gasteiger partial charge in [-0.3, -0.25) is 4.79 Å². The zero-order valence-corrected chi connectivity index (χ0v) is 22.3. The zero-order valence-electron chi connectivity index (χ0n) is 21.4. The van der Waals surface area contributed by atoms with Crippen LogP contribution in [0.2, 0.25) is 0 Å². The minimum Gasteiger partial charge on any atom is -0.458 e. The van der Waals surface area contributed by atoms with E-state index >= 15 is 0 Å². The quantitative estimate of drug-likeness (QED) is 0.213. The number of hydrogen-bond donors (Lipinski definition) is 3. The molecule has 0 bridgehead atoms. The molecule has 0 saturated heterocycles. The molecular weight excluding hydrogens is 476 g/mol. The average molecular weight is 520 g/mol. The fourth-order valence-corrected chi connectivity index (χ4v) is 5.98. The Bertz CT molecular complexity index is 857. The molecule has 0 unspecified atom stereocenters. The van der Waals surface area contributed by atoms with E-state index in [0.717, 1.165) is 12.5 Å². The van der Waals surface area contributed by atoms with Crippen LogP contribution in [-0.2, 0) is 25.8 Å². The van der Waals surface area contributed by atoms with Crippen molar-refractivity contribution in [2.24, 2.45) is 17.4 Å². The first-order chi connectivity index (χ1) is 16.4. The lowest BCUT2D eigenvalue weighted by molar-refractivity contribution is -0.151. The third kappa shape index (κ3) is 11.8. The number of hydrogen-bond acceptors (Lipinski definition) is 7. The topological polar surface area (TPSA) is 125 Å². The van der Waals surface area contributed by atoms with E-state index in [0.29, 0.717) is 43.7 Å². The van der Waals surface area contributed by atoms with Crippen LogP contribution in [0.1, 0.15) is 65.4 Å². The lowest BCUT2D eigenvalue weighted by atomic mass is 10.0. The van der Waals surface area contributed by atoms with Crippen molar-refractivity contribution in [3.63, 3.8) is 0 Å². The van der Waals surface area contributed by atoms with Crippen molar-refractivity contribution in [2.75, 3.05) is 18.8 Å². The zero-order chi connectivity index (χ0) is 26.6.